The van der Waals surface area contributed by atoms with Gasteiger partial charge in [0, 0.05) is 24.9 Å². The van der Waals surface area contributed by atoms with E-state index in [-0.39, 0.29) is 0 Å². The van der Waals surface area contributed by atoms with Crippen LogP contribution in [0.2, 0.25) is 0 Å². The van der Waals surface area contributed by atoms with Crippen LogP contribution in [0.25, 0.3) is 0 Å². The monoisotopic (exact) mass is 270 g/mol. The second-order valence-corrected chi connectivity index (χ2v) is 6.07. The number of hydrogen-bond acceptors (Lipinski definition) is 6. The van der Waals surface area contributed by atoms with Gasteiger partial charge in [-0.3, -0.25) is 0 Å². The molecule has 2 rings (SSSR count). The Morgan fingerprint density at radius 1 is 1.47 bits per heavy atom. The fraction of sp³-hybridized carbons (Fsp3) is 0.636. The number of thioether (sulfide) groups is 2. The summed E-state index contributed by atoms with van der Waals surface area (Å²) in [5, 5.41) is 8.01. The first-order valence-corrected chi connectivity index (χ1v) is 8.05. The minimum absolute atomic E-state index is 0.737. The summed E-state index contributed by atoms with van der Waals surface area (Å²) in [5.41, 5.74) is 0. The van der Waals surface area contributed by atoms with Crippen LogP contribution in [-0.4, -0.2) is 40.8 Å². The summed E-state index contributed by atoms with van der Waals surface area (Å²) in [5.74, 6) is 3.08. The van der Waals surface area contributed by atoms with Gasteiger partial charge in [-0.15, -0.1) is 0 Å². The molecule has 2 N–H and O–H groups in total. The van der Waals surface area contributed by atoms with Gasteiger partial charge in [0.05, 0.1) is 0 Å². The van der Waals surface area contributed by atoms with Crippen LogP contribution in [0.1, 0.15) is 12.8 Å². The lowest BCUT2D eigenvalue weighted by molar-refractivity contribution is 0.801. The first-order valence-electron chi connectivity index (χ1n) is 5.78. The molecule has 0 amide bonds. The SMILES string of the molecule is CNc1cc(NCC2CCCS2)nc(SC)n1. The molecule has 0 spiro atoms. The molecule has 94 valence electrons. The maximum Gasteiger partial charge on any atom is 0.191 e. The molecule has 0 bridgehead atoms. The second-order valence-electron chi connectivity index (χ2n) is 3.89. The summed E-state index contributed by atoms with van der Waals surface area (Å²) in [6, 6.07) is 1.96. The van der Waals surface area contributed by atoms with Crippen LogP contribution in [0.5, 0.6) is 0 Å². The van der Waals surface area contributed by atoms with Crippen LogP contribution in [0.15, 0.2) is 11.2 Å². The van der Waals surface area contributed by atoms with E-state index in [2.05, 4.69) is 32.4 Å². The van der Waals surface area contributed by atoms with E-state index >= 15 is 0 Å². The smallest absolute Gasteiger partial charge is 0.191 e. The minimum Gasteiger partial charge on any atom is -0.373 e. The van der Waals surface area contributed by atoms with Crippen molar-refractivity contribution in [2.24, 2.45) is 0 Å². The molecule has 0 radical (unpaired) electrons. The number of aromatic nitrogens is 2. The Kier molecular flexibility index (Phi) is 4.79. The topological polar surface area (TPSA) is 49.8 Å². The third kappa shape index (κ3) is 3.67. The van der Waals surface area contributed by atoms with Gasteiger partial charge in [-0.05, 0) is 24.9 Å². The van der Waals surface area contributed by atoms with Crippen LogP contribution >= 0.6 is 23.5 Å². The molecular weight excluding hydrogens is 252 g/mol. The lowest BCUT2D eigenvalue weighted by Crippen LogP contribution is -2.15. The lowest BCUT2D eigenvalue weighted by Gasteiger charge is -2.12. The largest absolute Gasteiger partial charge is 0.373 e. The lowest BCUT2D eigenvalue weighted by atomic mass is 10.2. The van der Waals surface area contributed by atoms with Gasteiger partial charge >= 0.3 is 0 Å². The normalized spacial score (nSPS) is 19.3. The summed E-state index contributed by atoms with van der Waals surface area (Å²) < 4.78 is 0. The van der Waals surface area contributed by atoms with Crippen molar-refractivity contribution in [3.8, 4) is 0 Å². The molecule has 0 aliphatic carbocycles. The number of rotatable bonds is 5. The van der Waals surface area contributed by atoms with Crippen molar-refractivity contribution in [2.45, 2.75) is 23.2 Å². The number of hydrogen-bond donors (Lipinski definition) is 2. The highest BCUT2D eigenvalue weighted by Crippen LogP contribution is 2.26. The summed E-state index contributed by atoms with van der Waals surface area (Å²) in [6.45, 7) is 0.999. The summed E-state index contributed by atoms with van der Waals surface area (Å²) >= 11 is 3.62. The molecule has 1 fully saturated rings. The molecule has 1 saturated heterocycles. The molecule has 17 heavy (non-hydrogen) atoms. The third-order valence-electron chi connectivity index (χ3n) is 2.68. The first kappa shape index (κ1) is 12.8. The van der Waals surface area contributed by atoms with Gasteiger partial charge in [0.1, 0.15) is 11.6 Å². The average molecular weight is 270 g/mol. The Bertz CT molecular complexity index is 344. The number of anilines is 2. The minimum atomic E-state index is 0.737. The molecule has 1 aliphatic rings. The molecule has 6 heteroatoms. The van der Waals surface area contributed by atoms with E-state index in [1.54, 1.807) is 11.8 Å². The van der Waals surface area contributed by atoms with Crippen molar-refractivity contribution >= 4 is 35.2 Å². The van der Waals surface area contributed by atoms with E-state index in [0.29, 0.717) is 0 Å². The fourth-order valence-corrected chi connectivity index (χ4v) is 3.34. The van der Waals surface area contributed by atoms with E-state index in [9.17, 15) is 0 Å². The van der Waals surface area contributed by atoms with Crippen molar-refractivity contribution in [1.29, 1.82) is 0 Å². The maximum absolute atomic E-state index is 4.45. The first-order chi connectivity index (χ1) is 8.31. The van der Waals surface area contributed by atoms with E-state index in [1.807, 2.05) is 19.4 Å². The molecule has 0 aromatic carbocycles. The van der Waals surface area contributed by atoms with Crippen molar-refractivity contribution < 1.29 is 0 Å². The molecule has 1 aromatic heterocycles. The number of nitrogens with zero attached hydrogens (tertiary/aromatic N) is 2. The standard InChI is InChI=1S/C11H18N4S2/c1-12-9-6-10(15-11(14-9)16-2)13-7-8-4-3-5-17-8/h6,8H,3-5,7H2,1-2H3,(H2,12,13,14,15). The van der Waals surface area contributed by atoms with Gasteiger partial charge < -0.3 is 10.6 Å². The fourth-order valence-electron chi connectivity index (χ4n) is 1.76. The van der Waals surface area contributed by atoms with Crippen molar-refractivity contribution in [3.63, 3.8) is 0 Å². The highest BCUT2D eigenvalue weighted by atomic mass is 32.2. The van der Waals surface area contributed by atoms with Crippen LogP contribution in [0.4, 0.5) is 11.6 Å². The Hall–Kier alpha value is -0.620. The molecule has 2 heterocycles. The quantitative estimate of drug-likeness (QED) is 0.633. The summed E-state index contributed by atoms with van der Waals surface area (Å²) in [4.78, 5) is 8.80. The van der Waals surface area contributed by atoms with Gasteiger partial charge in [0.25, 0.3) is 0 Å². The molecule has 1 atom stereocenters. The number of nitrogens with one attached hydrogen (secondary N) is 2. The van der Waals surface area contributed by atoms with Crippen molar-refractivity contribution in [1.82, 2.24) is 9.97 Å². The molecule has 1 aliphatic heterocycles. The van der Waals surface area contributed by atoms with Gasteiger partial charge in [-0.25, -0.2) is 9.97 Å². The summed E-state index contributed by atoms with van der Waals surface area (Å²) in [7, 11) is 1.88. The summed E-state index contributed by atoms with van der Waals surface area (Å²) in [6.07, 6.45) is 4.65. The highest BCUT2D eigenvalue weighted by Gasteiger charge is 2.15. The zero-order valence-corrected chi connectivity index (χ0v) is 11.8. The van der Waals surface area contributed by atoms with Gasteiger partial charge in [-0.1, -0.05) is 11.8 Å². The van der Waals surface area contributed by atoms with E-state index < -0.39 is 0 Å². The predicted octanol–water partition coefficient (Wildman–Crippen LogP) is 2.55. The van der Waals surface area contributed by atoms with Crippen molar-refractivity contribution in [3.05, 3.63) is 6.07 Å². The van der Waals surface area contributed by atoms with Crippen LogP contribution in [0.3, 0.4) is 0 Å². The Balaban J connectivity index is 1.98. The Morgan fingerprint density at radius 3 is 2.94 bits per heavy atom. The van der Waals surface area contributed by atoms with E-state index in [4.69, 9.17) is 0 Å². The molecular formula is C11H18N4S2. The predicted molar refractivity (Wildman–Crippen MR) is 77.3 cm³/mol. The second kappa shape index (κ2) is 6.35. The average Bonchev–Trinajstić information content (AvgIpc) is 2.89. The highest BCUT2D eigenvalue weighted by molar-refractivity contribution is 8.00. The van der Waals surface area contributed by atoms with Crippen LogP contribution < -0.4 is 10.6 Å². The zero-order chi connectivity index (χ0) is 12.1. The molecule has 4 nitrogen and oxygen atoms in total. The van der Waals surface area contributed by atoms with Gasteiger partial charge in [0.2, 0.25) is 0 Å². The maximum atomic E-state index is 4.45. The third-order valence-corrected chi connectivity index (χ3v) is 4.63. The van der Waals surface area contributed by atoms with Gasteiger partial charge in [0.15, 0.2) is 5.16 Å². The molecule has 1 unspecified atom stereocenters. The van der Waals surface area contributed by atoms with Crippen LogP contribution in [-0.2, 0) is 0 Å². The van der Waals surface area contributed by atoms with Gasteiger partial charge in [-0.2, -0.15) is 11.8 Å². The molecule has 1 aromatic rings. The van der Waals surface area contributed by atoms with Crippen LogP contribution in [0, 0.1) is 0 Å². The zero-order valence-electron chi connectivity index (χ0n) is 10.2. The Labute approximate surface area is 111 Å². The Morgan fingerprint density at radius 2 is 2.29 bits per heavy atom. The van der Waals surface area contributed by atoms with E-state index in [1.165, 1.54) is 18.6 Å². The van der Waals surface area contributed by atoms with E-state index in [0.717, 1.165) is 28.6 Å². The molecule has 0 saturated carbocycles. The van der Waals surface area contributed by atoms with Crippen molar-refractivity contribution in [2.75, 3.05) is 36.2 Å².